The second-order valence-electron chi connectivity index (χ2n) is 3.84. The van der Waals surface area contributed by atoms with Crippen LogP contribution in [0.5, 0.6) is 0 Å². The molecule has 2 aromatic heterocycles. The molecule has 8 heteroatoms. The lowest BCUT2D eigenvalue weighted by molar-refractivity contribution is 0.0689. The maximum absolute atomic E-state index is 11.3. The van der Waals surface area contributed by atoms with Gasteiger partial charge in [-0.15, -0.1) is 15.3 Å². The molecule has 0 bridgehead atoms. The van der Waals surface area contributed by atoms with Crippen molar-refractivity contribution in [1.82, 2.24) is 25.0 Å². The number of hydrogen-bond donors (Lipinski definition) is 1. The smallest absolute Gasteiger partial charge is 0.358 e. The highest BCUT2D eigenvalue weighted by Gasteiger charge is 2.19. The van der Waals surface area contributed by atoms with Crippen LogP contribution in [0.3, 0.4) is 0 Å². The number of carbonyl (C=O) groups is 1. The lowest BCUT2D eigenvalue weighted by Gasteiger charge is -2.07. The molecular formula is C12H6N6O2. The molecule has 1 aromatic carbocycles. The summed E-state index contributed by atoms with van der Waals surface area (Å²) in [6.45, 7) is 0. The fraction of sp³-hybridized carbons (Fsp3) is 0. The van der Waals surface area contributed by atoms with Gasteiger partial charge in [-0.1, -0.05) is 18.2 Å². The normalized spacial score (nSPS) is 10.3. The number of fused-ring (bicyclic) bond motifs is 1. The van der Waals surface area contributed by atoms with E-state index in [0.29, 0.717) is 10.9 Å². The predicted molar refractivity (Wildman–Crippen MR) is 66.1 cm³/mol. The van der Waals surface area contributed by atoms with Gasteiger partial charge >= 0.3 is 5.97 Å². The fourth-order valence-electron chi connectivity index (χ4n) is 1.84. The van der Waals surface area contributed by atoms with Gasteiger partial charge < -0.3 is 5.11 Å². The van der Waals surface area contributed by atoms with Crippen molar-refractivity contribution >= 4 is 16.9 Å². The second-order valence-corrected chi connectivity index (χ2v) is 3.84. The van der Waals surface area contributed by atoms with Gasteiger partial charge in [-0.05, 0) is 6.07 Å². The molecule has 0 radical (unpaired) electrons. The number of nitrogens with zero attached hydrogens (tertiary/aromatic N) is 6. The molecule has 0 aliphatic heterocycles. The Morgan fingerprint density at radius 1 is 1.30 bits per heavy atom. The van der Waals surface area contributed by atoms with Crippen molar-refractivity contribution in [3.8, 4) is 11.8 Å². The first-order valence-electron chi connectivity index (χ1n) is 5.51. The summed E-state index contributed by atoms with van der Waals surface area (Å²) >= 11 is 0. The first kappa shape index (κ1) is 11.7. The van der Waals surface area contributed by atoms with Crippen LogP contribution in [-0.4, -0.2) is 36.0 Å². The molecule has 0 saturated heterocycles. The number of aromatic carboxylic acids is 1. The summed E-state index contributed by atoms with van der Waals surface area (Å²) < 4.78 is 1.22. The van der Waals surface area contributed by atoms with E-state index in [2.05, 4.69) is 20.3 Å². The Labute approximate surface area is 111 Å². The largest absolute Gasteiger partial charge is 0.476 e. The summed E-state index contributed by atoms with van der Waals surface area (Å²) in [6.07, 6.45) is 1.27. The summed E-state index contributed by atoms with van der Waals surface area (Å²) in [6, 6.07) is 8.72. The molecule has 0 atom stereocenters. The molecule has 1 N–H and O–H groups in total. The lowest BCUT2D eigenvalue weighted by Crippen LogP contribution is -2.11. The molecule has 0 fully saturated rings. The van der Waals surface area contributed by atoms with Crippen molar-refractivity contribution in [2.75, 3.05) is 0 Å². The molecule has 96 valence electrons. The Kier molecular flexibility index (Phi) is 2.58. The maximum Gasteiger partial charge on any atom is 0.358 e. The number of rotatable bonds is 2. The molecular weight excluding hydrogens is 260 g/mol. The third-order valence-electron chi connectivity index (χ3n) is 2.66. The van der Waals surface area contributed by atoms with Crippen LogP contribution in [0.15, 0.2) is 30.6 Å². The van der Waals surface area contributed by atoms with Gasteiger partial charge in [-0.3, -0.25) is 0 Å². The Hall–Kier alpha value is -3.34. The van der Waals surface area contributed by atoms with Crippen LogP contribution >= 0.6 is 0 Å². The molecule has 0 saturated carbocycles. The topological polar surface area (TPSA) is 118 Å². The van der Waals surface area contributed by atoms with Crippen molar-refractivity contribution in [1.29, 1.82) is 5.26 Å². The molecule has 2 heterocycles. The van der Waals surface area contributed by atoms with E-state index in [-0.39, 0.29) is 17.2 Å². The average molecular weight is 266 g/mol. The third-order valence-corrected chi connectivity index (χ3v) is 2.66. The molecule has 0 spiro atoms. The second kappa shape index (κ2) is 4.40. The van der Waals surface area contributed by atoms with E-state index in [1.807, 2.05) is 0 Å². The van der Waals surface area contributed by atoms with Gasteiger partial charge in [0.2, 0.25) is 0 Å². The minimum Gasteiger partial charge on any atom is -0.476 e. The summed E-state index contributed by atoms with van der Waals surface area (Å²) in [5.74, 6) is -1.28. The maximum atomic E-state index is 11.3. The van der Waals surface area contributed by atoms with Crippen molar-refractivity contribution < 1.29 is 9.90 Å². The van der Waals surface area contributed by atoms with Crippen molar-refractivity contribution in [3.63, 3.8) is 0 Å². The first-order chi connectivity index (χ1) is 9.70. The molecule has 0 amide bonds. The Balaban J connectivity index is 2.38. The minimum absolute atomic E-state index is 0.0535. The summed E-state index contributed by atoms with van der Waals surface area (Å²) in [4.78, 5) is 15.1. The molecule has 0 aliphatic rings. The van der Waals surface area contributed by atoms with Crippen molar-refractivity contribution in [3.05, 3.63) is 42.1 Å². The van der Waals surface area contributed by atoms with Gasteiger partial charge in [-0.2, -0.15) is 5.26 Å². The van der Waals surface area contributed by atoms with Gasteiger partial charge in [0, 0.05) is 5.39 Å². The summed E-state index contributed by atoms with van der Waals surface area (Å²) in [5.41, 5.74) is 0.511. The van der Waals surface area contributed by atoms with Crippen LogP contribution in [-0.2, 0) is 0 Å². The van der Waals surface area contributed by atoms with E-state index in [9.17, 15) is 9.90 Å². The number of benzene rings is 1. The molecule has 3 rings (SSSR count). The number of aromatic nitrogens is 5. The highest BCUT2D eigenvalue weighted by molar-refractivity contribution is 5.98. The third kappa shape index (κ3) is 1.74. The van der Waals surface area contributed by atoms with E-state index in [1.165, 1.54) is 11.0 Å². The highest BCUT2D eigenvalue weighted by atomic mass is 16.4. The number of carboxylic acids is 1. The SMILES string of the molecule is N#Cc1ncn(-c2c(C(=O)O)nnc3ccccc23)n1. The van der Waals surface area contributed by atoms with Crippen LogP contribution in [0.1, 0.15) is 16.3 Å². The van der Waals surface area contributed by atoms with Crippen molar-refractivity contribution in [2.24, 2.45) is 0 Å². The van der Waals surface area contributed by atoms with Gasteiger partial charge in [0.05, 0.1) is 5.52 Å². The van der Waals surface area contributed by atoms with Gasteiger partial charge in [0.1, 0.15) is 18.1 Å². The molecule has 20 heavy (non-hydrogen) atoms. The highest BCUT2D eigenvalue weighted by Crippen LogP contribution is 2.22. The quantitative estimate of drug-likeness (QED) is 0.728. The Bertz CT molecular complexity index is 864. The zero-order valence-corrected chi connectivity index (χ0v) is 9.93. The standard InChI is InChI=1S/C12H6N6O2/c13-5-9-14-6-18(17-9)11-7-3-1-2-4-8(7)15-16-10(11)12(19)20/h1-4,6H,(H,19,20). The van der Waals surface area contributed by atoms with Gasteiger partial charge in [-0.25, -0.2) is 14.5 Å². The van der Waals surface area contributed by atoms with Crippen LogP contribution in [0.2, 0.25) is 0 Å². The number of carboxylic acid groups (broad SMARTS) is 1. The van der Waals surface area contributed by atoms with Crippen molar-refractivity contribution in [2.45, 2.75) is 0 Å². The zero-order chi connectivity index (χ0) is 14.1. The monoisotopic (exact) mass is 266 g/mol. The van der Waals surface area contributed by atoms with Gasteiger partial charge in [0.25, 0.3) is 5.82 Å². The summed E-state index contributed by atoms with van der Waals surface area (Å²) in [7, 11) is 0. The van der Waals surface area contributed by atoms with Crippen LogP contribution < -0.4 is 0 Å². The number of hydrogen-bond acceptors (Lipinski definition) is 6. The van der Waals surface area contributed by atoms with E-state index in [0.717, 1.165) is 0 Å². The average Bonchev–Trinajstić information content (AvgIpc) is 2.94. The molecule has 0 unspecified atom stereocenters. The minimum atomic E-state index is -1.23. The first-order valence-corrected chi connectivity index (χ1v) is 5.51. The Morgan fingerprint density at radius 3 is 2.80 bits per heavy atom. The zero-order valence-electron chi connectivity index (χ0n) is 9.93. The molecule has 3 aromatic rings. The molecule has 0 aliphatic carbocycles. The fourth-order valence-corrected chi connectivity index (χ4v) is 1.84. The van der Waals surface area contributed by atoms with Crippen LogP contribution in [0.25, 0.3) is 16.6 Å². The van der Waals surface area contributed by atoms with E-state index >= 15 is 0 Å². The van der Waals surface area contributed by atoms with Crippen LogP contribution in [0.4, 0.5) is 0 Å². The predicted octanol–water partition coefficient (Wildman–Crippen LogP) is 0.780. The summed E-state index contributed by atoms with van der Waals surface area (Å²) in [5, 5.41) is 30.0. The van der Waals surface area contributed by atoms with E-state index in [4.69, 9.17) is 5.26 Å². The number of nitriles is 1. The Morgan fingerprint density at radius 2 is 2.10 bits per heavy atom. The lowest BCUT2D eigenvalue weighted by atomic mass is 10.1. The van der Waals surface area contributed by atoms with E-state index in [1.54, 1.807) is 30.3 Å². The van der Waals surface area contributed by atoms with Crippen LogP contribution in [0, 0.1) is 11.3 Å². The van der Waals surface area contributed by atoms with E-state index < -0.39 is 5.97 Å². The molecule has 8 nitrogen and oxygen atoms in total. The van der Waals surface area contributed by atoms with Gasteiger partial charge in [0.15, 0.2) is 5.69 Å².